The third kappa shape index (κ3) is 3.91. The van der Waals surface area contributed by atoms with E-state index < -0.39 is 11.9 Å². The molecule has 0 fully saturated rings. The van der Waals surface area contributed by atoms with Crippen molar-refractivity contribution in [3.05, 3.63) is 59.9 Å². The Morgan fingerprint density at radius 3 is 2.87 bits per heavy atom. The average molecular weight is 411 g/mol. The maximum Gasteiger partial charge on any atom is 0.289 e. The van der Waals surface area contributed by atoms with Crippen LogP contribution in [-0.2, 0) is 16.0 Å². The van der Waals surface area contributed by atoms with E-state index in [0.29, 0.717) is 17.9 Å². The van der Waals surface area contributed by atoms with E-state index in [-0.39, 0.29) is 30.3 Å². The Labute approximate surface area is 173 Å². The van der Waals surface area contributed by atoms with Gasteiger partial charge in [-0.1, -0.05) is 24.3 Å². The monoisotopic (exact) mass is 411 g/mol. The first-order valence-corrected chi connectivity index (χ1v) is 9.55. The molecular weight excluding hydrogens is 389 g/mol. The van der Waals surface area contributed by atoms with Crippen LogP contribution in [0, 0.1) is 5.82 Å². The van der Waals surface area contributed by atoms with Crippen LogP contribution in [0.15, 0.2) is 53.6 Å². The molecule has 0 aromatic heterocycles. The summed E-state index contributed by atoms with van der Waals surface area (Å²) < 4.78 is 19.1. The summed E-state index contributed by atoms with van der Waals surface area (Å²) in [5, 5.41) is 11.6. The van der Waals surface area contributed by atoms with Crippen molar-refractivity contribution in [1.82, 2.24) is 15.6 Å². The Balaban J connectivity index is 1.40. The Morgan fingerprint density at radius 2 is 2.07 bits per heavy atom. The minimum absolute atomic E-state index is 0.0156. The number of carbonyl (C=O) groups is 2. The molecule has 0 spiro atoms. The van der Waals surface area contributed by atoms with Gasteiger partial charge in [0.15, 0.2) is 0 Å². The fourth-order valence-electron chi connectivity index (χ4n) is 3.47. The Kier molecular flexibility index (Phi) is 5.26. The van der Waals surface area contributed by atoms with Gasteiger partial charge >= 0.3 is 0 Å². The predicted octanol–water partition coefficient (Wildman–Crippen LogP) is 1.08. The molecule has 2 heterocycles. The second kappa shape index (κ2) is 8.02. The minimum atomic E-state index is -0.855. The standard InChI is InChI=1S/C21H22FN5O3/c1-26-16-8-3-4-9-17(16)30-12-15(21(26)29)23-20(28)19-24-18(27(2)25-19)11-13-6-5-7-14(22)10-13/h3-10,15,18H,11-12H2,1-2H3,(H,23,28)(H,24,25). The molecule has 2 aliphatic rings. The van der Waals surface area contributed by atoms with Crippen LogP contribution in [0.5, 0.6) is 5.75 Å². The number of halogens is 1. The predicted molar refractivity (Wildman–Crippen MR) is 110 cm³/mol. The smallest absolute Gasteiger partial charge is 0.289 e. The largest absolute Gasteiger partial charge is 0.489 e. The summed E-state index contributed by atoms with van der Waals surface area (Å²) in [7, 11) is 3.37. The van der Waals surface area contributed by atoms with Crippen molar-refractivity contribution in [2.45, 2.75) is 18.6 Å². The average Bonchev–Trinajstić information content (AvgIpc) is 3.05. The number of hydrazone groups is 1. The highest BCUT2D eigenvalue weighted by molar-refractivity contribution is 6.38. The van der Waals surface area contributed by atoms with Gasteiger partial charge in [0, 0.05) is 20.5 Å². The number of nitrogens with zero attached hydrogens (tertiary/aromatic N) is 3. The highest BCUT2D eigenvalue weighted by Gasteiger charge is 2.33. The molecule has 9 heteroatoms. The summed E-state index contributed by atoms with van der Waals surface area (Å²) in [6, 6.07) is 12.6. The normalized spacial score (nSPS) is 20.6. The molecule has 0 saturated carbocycles. The van der Waals surface area contributed by atoms with Crippen molar-refractivity contribution in [2.75, 3.05) is 25.6 Å². The number of benzene rings is 2. The number of ether oxygens (including phenoxy) is 1. The van der Waals surface area contributed by atoms with Gasteiger partial charge in [-0.25, -0.2) is 4.39 Å². The van der Waals surface area contributed by atoms with Gasteiger partial charge in [-0.2, -0.15) is 5.10 Å². The number of nitrogens with one attached hydrogen (secondary N) is 2. The van der Waals surface area contributed by atoms with Crippen LogP contribution in [-0.4, -0.2) is 55.6 Å². The fraction of sp³-hybridized carbons (Fsp3) is 0.286. The maximum absolute atomic E-state index is 13.4. The Morgan fingerprint density at radius 1 is 1.27 bits per heavy atom. The molecule has 2 atom stereocenters. The van der Waals surface area contributed by atoms with E-state index in [1.54, 1.807) is 37.3 Å². The van der Waals surface area contributed by atoms with Gasteiger partial charge < -0.3 is 20.3 Å². The van der Waals surface area contributed by atoms with Gasteiger partial charge in [0.25, 0.3) is 11.8 Å². The number of hydrogen-bond donors (Lipinski definition) is 2. The van der Waals surface area contributed by atoms with Crippen LogP contribution in [0.25, 0.3) is 0 Å². The summed E-state index contributed by atoms with van der Waals surface area (Å²) in [6.07, 6.45) is 0.151. The SMILES string of the molecule is CN1C(=O)C(NC(=O)C2=NN(C)C(Cc3cccc(F)c3)N2)COc2ccccc21. The summed E-state index contributed by atoms with van der Waals surface area (Å²) in [5.74, 6) is -0.432. The molecule has 2 N–H and O–H groups in total. The quantitative estimate of drug-likeness (QED) is 0.787. The van der Waals surface area contributed by atoms with Crippen molar-refractivity contribution >= 4 is 23.3 Å². The summed E-state index contributed by atoms with van der Waals surface area (Å²) in [5.41, 5.74) is 1.42. The molecule has 0 radical (unpaired) electrons. The first kappa shape index (κ1) is 19.7. The highest BCUT2D eigenvalue weighted by atomic mass is 19.1. The van der Waals surface area contributed by atoms with E-state index in [1.807, 2.05) is 18.2 Å². The fourth-order valence-corrected chi connectivity index (χ4v) is 3.47. The zero-order valence-electron chi connectivity index (χ0n) is 16.6. The number of hydrogen-bond acceptors (Lipinski definition) is 6. The number of fused-ring (bicyclic) bond motifs is 1. The topological polar surface area (TPSA) is 86.3 Å². The zero-order valence-corrected chi connectivity index (χ0v) is 16.6. The third-order valence-corrected chi connectivity index (χ3v) is 5.11. The third-order valence-electron chi connectivity index (χ3n) is 5.11. The van der Waals surface area contributed by atoms with Crippen LogP contribution in [0.2, 0.25) is 0 Å². The van der Waals surface area contributed by atoms with E-state index >= 15 is 0 Å². The molecule has 156 valence electrons. The number of anilines is 1. The molecule has 2 aromatic carbocycles. The highest BCUT2D eigenvalue weighted by Crippen LogP contribution is 2.29. The van der Waals surface area contributed by atoms with E-state index in [1.165, 1.54) is 17.0 Å². The molecule has 0 saturated heterocycles. The van der Waals surface area contributed by atoms with Gasteiger partial charge in [0.05, 0.1) is 5.69 Å². The van der Waals surface area contributed by atoms with Gasteiger partial charge in [0.2, 0.25) is 5.84 Å². The lowest BCUT2D eigenvalue weighted by molar-refractivity contribution is -0.124. The lowest BCUT2D eigenvalue weighted by Gasteiger charge is -2.20. The number of amidine groups is 1. The van der Waals surface area contributed by atoms with Gasteiger partial charge in [0.1, 0.15) is 30.4 Å². The van der Waals surface area contributed by atoms with E-state index in [2.05, 4.69) is 15.7 Å². The molecule has 8 nitrogen and oxygen atoms in total. The lowest BCUT2D eigenvalue weighted by Crippen LogP contribution is -2.53. The first-order valence-electron chi connectivity index (χ1n) is 9.55. The van der Waals surface area contributed by atoms with Gasteiger partial charge in [-0.05, 0) is 29.8 Å². The Hall–Kier alpha value is -3.62. The lowest BCUT2D eigenvalue weighted by atomic mass is 10.1. The number of carbonyl (C=O) groups excluding carboxylic acids is 2. The van der Waals surface area contributed by atoms with Crippen molar-refractivity contribution in [2.24, 2.45) is 5.10 Å². The number of rotatable bonds is 4. The van der Waals surface area contributed by atoms with Crippen molar-refractivity contribution in [3.8, 4) is 5.75 Å². The van der Waals surface area contributed by atoms with Gasteiger partial charge in [-0.15, -0.1) is 0 Å². The van der Waals surface area contributed by atoms with Crippen molar-refractivity contribution < 1.29 is 18.7 Å². The van der Waals surface area contributed by atoms with Crippen LogP contribution >= 0.6 is 0 Å². The minimum Gasteiger partial charge on any atom is -0.489 e. The molecule has 2 aliphatic heterocycles. The number of para-hydroxylation sites is 2. The molecular formula is C21H22FN5O3. The Bertz CT molecular complexity index is 1010. The van der Waals surface area contributed by atoms with Gasteiger partial charge in [-0.3, -0.25) is 14.6 Å². The molecule has 30 heavy (non-hydrogen) atoms. The number of amides is 2. The van der Waals surface area contributed by atoms with Crippen LogP contribution < -0.4 is 20.3 Å². The van der Waals surface area contributed by atoms with Crippen LogP contribution in [0.3, 0.4) is 0 Å². The number of likely N-dealkylation sites (N-methyl/N-ethyl adjacent to an activating group) is 2. The van der Waals surface area contributed by atoms with Crippen LogP contribution in [0.4, 0.5) is 10.1 Å². The summed E-state index contributed by atoms with van der Waals surface area (Å²) in [6.45, 7) is 0.0156. The van der Waals surface area contributed by atoms with E-state index in [0.717, 1.165) is 5.56 Å². The molecule has 2 unspecified atom stereocenters. The van der Waals surface area contributed by atoms with E-state index in [9.17, 15) is 14.0 Å². The molecule has 0 bridgehead atoms. The van der Waals surface area contributed by atoms with E-state index in [4.69, 9.17) is 4.74 Å². The summed E-state index contributed by atoms with van der Waals surface area (Å²) >= 11 is 0. The first-order chi connectivity index (χ1) is 14.4. The molecule has 2 aromatic rings. The van der Waals surface area contributed by atoms with Crippen molar-refractivity contribution in [3.63, 3.8) is 0 Å². The molecule has 0 aliphatic carbocycles. The zero-order chi connectivity index (χ0) is 21.3. The molecule has 4 rings (SSSR count). The second-order valence-electron chi connectivity index (χ2n) is 7.22. The van der Waals surface area contributed by atoms with Crippen molar-refractivity contribution in [1.29, 1.82) is 0 Å². The maximum atomic E-state index is 13.4. The second-order valence-corrected chi connectivity index (χ2v) is 7.22. The summed E-state index contributed by atoms with van der Waals surface area (Å²) in [4.78, 5) is 27.0. The van der Waals surface area contributed by atoms with Crippen LogP contribution in [0.1, 0.15) is 5.56 Å². The molecule has 2 amide bonds.